The molecular weight excluding hydrogens is 283 g/mol. The molecule has 0 atom stereocenters. The number of halogens is 1. The smallest absolute Gasteiger partial charge is 0.221 e. The predicted octanol–water partition coefficient (Wildman–Crippen LogP) is 1.10. The Labute approximate surface area is 128 Å². The lowest BCUT2D eigenvalue weighted by atomic mass is 10.2. The maximum Gasteiger partial charge on any atom is 0.221 e. The van der Waals surface area contributed by atoms with Crippen molar-refractivity contribution in [2.75, 3.05) is 42.5 Å². The first-order chi connectivity index (χ1) is 10.6. The quantitative estimate of drug-likeness (QED) is 0.883. The van der Waals surface area contributed by atoms with Crippen LogP contribution in [0.4, 0.5) is 21.8 Å². The van der Waals surface area contributed by atoms with Crippen molar-refractivity contribution < 1.29 is 4.39 Å². The molecule has 1 aliphatic heterocycles. The van der Waals surface area contributed by atoms with Crippen LogP contribution in [0.1, 0.15) is 5.56 Å². The van der Waals surface area contributed by atoms with Gasteiger partial charge in [-0.05, 0) is 24.3 Å². The molecule has 0 spiro atoms. The number of benzene rings is 1. The second-order valence-corrected chi connectivity index (χ2v) is 5.38. The molecule has 2 heterocycles. The molecule has 1 aromatic carbocycles. The molecule has 4 N–H and O–H groups in total. The van der Waals surface area contributed by atoms with Gasteiger partial charge in [-0.25, -0.2) is 9.37 Å². The van der Waals surface area contributed by atoms with Gasteiger partial charge in [-0.2, -0.15) is 4.98 Å². The second kappa shape index (κ2) is 6.15. The third kappa shape index (κ3) is 3.25. The molecule has 7 heteroatoms. The molecule has 0 saturated carbocycles. The molecule has 1 fully saturated rings. The van der Waals surface area contributed by atoms with Crippen molar-refractivity contribution in [3.05, 3.63) is 41.8 Å². The molecule has 0 amide bonds. The van der Waals surface area contributed by atoms with Crippen molar-refractivity contribution in [2.24, 2.45) is 0 Å². The number of anilines is 3. The fraction of sp³-hybridized carbons (Fsp3) is 0.333. The van der Waals surface area contributed by atoms with Crippen molar-refractivity contribution in [1.82, 2.24) is 14.9 Å². The molecule has 2 aromatic rings. The number of hydrogen-bond acceptors (Lipinski definition) is 6. The highest BCUT2D eigenvalue weighted by molar-refractivity contribution is 5.47. The molecular formula is C15H19FN6. The Morgan fingerprint density at radius 1 is 1.05 bits per heavy atom. The van der Waals surface area contributed by atoms with E-state index in [1.165, 1.54) is 12.1 Å². The summed E-state index contributed by atoms with van der Waals surface area (Å²) in [6.07, 6.45) is 1.68. The third-order valence-electron chi connectivity index (χ3n) is 3.87. The molecule has 6 nitrogen and oxygen atoms in total. The minimum atomic E-state index is -0.207. The molecule has 1 aliphatic rings. The summed E-state index contributed by atoms with van der Waals surface area (Å²) < 4.78 is 13.0. The van der Waals surface area contributed by atoms with E-state index < -0.39 is 0 Å². The number of nitrogens with two attached hydrogens (primary N) is 2. The van der Waals surface area contributed by atoms with E-state index in [2.05, 4.69) is 19.8 Å². The average Bonchev–Trinajstić information content (AvgIpc) is 2.52. The summed E-state index contributed by atoms with van der Waals surface area (Å²) in [7, 11) is 0. The van der Waals surface area contributed by atoms with Crippen LogP contribution in [-0.2, 0) is 6.54 Å². The molecule has 1 aromatic heterocycles. The minimum Gasteiger partial charge on any atom is -0.383 e. The Hall–Kier alpha value is -2.41. The average molecular weight is 302 g/mol. The standard InChI is InChI=1S/C15H19FN6/c16-12-1-3-13(4-2-12)22-7-5-21(6-8-22)10-11-9-19-15(18)20-14(11)17/h1-4,9H,5-8,10H2,(H4,17,18,19,20). The lowest BCUT2D eigenvalue weighted by Gasteiger charge is -2.36. The van der Waals surface area contributed by atoms with Crippen LogP contribution in [0, 0.1) is 5.82 Å². The van der Waals surface area contributed by atoms with Gasteiger partial charge in [0, 0.05) is 50.2 Å². The summed E-state index contributed by atoms with van der Waals surface area (Å²) in [6, 6.07) is 6.62. The van der Waals surface area contributed by atoms with E-state index in [1.807, 2.05) is 12.1 Å². The predicted molar refractivity (Wildman–Crippen MR) is 84.7 cm³/mol. The highest BCUT2D eigenvalue weighted by atomic mass is 19.1. The Morgan fingerprint density at radius 2 is 1.73 bits per heavy atom. The Bertz CT molecular complexity index is 637. The van der Waals surface area contributed by atoms with E-state index in [0.717, 1.165) is 37.4 Å². The van der Waals surface area contributed by atoms with E-state index in [0.29, 0.717) is 12.4 Å². The number of hydrogen-bond donors (Lipinski definition) is 2. The van der Waals surface area contributed by atoms with E-state index >= 15 is 0 Å². The van der Waals surface area contributed by atoms with Gasteiger partial charge in [-0.15, -0.1) is 0 Å². The van der Waals surface area contributed by atoms with Gasteiger partial charge in [0.1, 0.15) is 11.6 Å². The summed E-state index contributed by atoms with van der Waals surface area (Å²) in [4.78, 5) is 12.5. The minimum absolute atomic E-state index is 0.197. The van der Waals surface area contributed by atoms with Gasteiger partial charge in [0.2, 0.25) is 5.95 Å². The van der Waals surface area contributed by atoms with Crippen molar-refractivity contribution in [3.8, 4) is 0 Å². The topological polar surface area (TPSA) is 84.3 Å². The van der Waals surface area contributed by atoms with Crippen LogP contribution in [0.2, 0.25) is 0 Å². The summed E-state index contributed by atoms with van der Waals surface area (Å²) in [5.74, 6) is 0.428. The molecule has 0 aliphatic carbocycles. The molecule has 22 heavy (non-hydrogen) atoms. The van der Waals surface area contributed by atoms with Crippen LogP contribution in [0.15, 0.2) is 30.5 Å². The van der Waals surface area contributed by atoms with Crippen LogP contribution in [0.3, 0.4) is 0 Å². The number of nitrogen functional groups attached to an aromatic ring is 2. The fourth-order valence-electron chi connectivity index (χ4n) is 2.61. The van der Waals surface area contributed by atoms with Crippen molar-refractivity contribution in [1.29, 1.82) is 0 Å². The Kier molecular flexibility index (Phi) is 4.06. The van der Waals surface area contributed by atoms with Gasteiger partial charge in [-0.1, -0.05) is 0 Å². The first-order valence-corrected chi connectivity index (χ1v) is 7.21. The highest BCUT2D eigenvalue weighted by Crippen LogP contribution is 2.18. The normalized spacial score (nSPS) is 16.0. The summed E-state index contributed by atoms with van der Waals surface area (Å²) in [5.41, 5.74) is 13.3. The van der Waals surface area contributed by atoms with Crippen LogP contribution >= 0.6 is 0 Å². The molecule has 0 bridgehead atoms. The second-order valence-electron chi connectivity index (χ2n) is 5.38. The number of piperazine rings is 1. The van der Waals surface area contributed by atoms with Crippen molar-refractivity contribution in [2.45, 2.75) is 6.54 Å². The highest BCUT2D eigenvalue weighted by Gasteiger charge is 2.18. The SMILES string of the molecule is Nc1ncc(CN2CCN(c3ccc(F)cc3)CC2)c(N)n1. The lowest BCUT2D eigenvalue weighted by molar-refractivity contribution is 0.250. The van der Waals surface area contributed by atoms with Crippen LogP contribution in [0.25, 0.3) is 0 Å². The van der Waals surface area contributed by atoms with E-state index in [1.54, 1.807) is 6.20 Å². The number of aromatic nitrogens is 2. The van der Waals surface area contributed by atoms with Gasteiger partial charge >= 0.3 is 0 Å². The zero-order valence-electron chi connectivity index (χ0n) is 12.2. The zero-order chi connectivity index (χ0) is 15.5. The zero-order valence-corrected chi connectivity index (χ0v) is 12.2. The first-order valence-electron chi connectivity index (χ1n) is 7.21. The van der Waals surface area contributed by atoms with Crippen LogP contribution in [-0.4, -0.2) is 41.0 Å². The maximum absolute atomic E-state index is 13.0. The molecule has 0 radical (unpaired) electrons. The molecule has 0 unspecified atom stereocenters. The monoisotopic (exact) mass is 302 g/mol. The number of nitrogens with zero attached hydrogens (tertiary/aromatic N) is 4. The fourth-order valence-corrected chi connectivity index (χ4v) is 2.61. The molecule has 3 rings (SSSR count). The van der Waals surface area contributed by atoms with Gasteiger partial charge in [-0.3, -0.25) is 4.90 Å². The van der Waals surface area contributed by atoms with Gasteiger partial charge in [0.25, 0.3) is 0 Å². The van der Waals surface area contributed by atoms with Gasteiger partial charge in [0.15, 0.2) is 0 Å². The third-order valence-corrected chi connectivity index (χ3v) is 3.87. The van der Waals surface area contributed by atoms with Crippen molar-refractivity contribution >= 4 is 17.5 Å². The van der Waals surface area contributed by atoms with Gasteiger partial charge < -0.3 is 16.4 Å². The van der Waals surface area contributed by atoms with Crippen LogP contribution in [0.5, 0.6) is 0 Å². The summed E-state index contributed by atoms with van der Waals surface area (Å²) >= 11 is 0. The Balaban J connectivity index is 1.58. The molecule has 1 saturated heterocycles. The maximum atomic E-state index is 13.0. The van der Waals surface area contributed by atoms with E-state index in [-0.39, 0.29) is 11.8 Å². The van der Waals surface area contributed by atoms with Gasteiger partial charge in [0.05, 0.1) is 0 Å². The van der Waals surface area contributed by atoms with Crippen molar-refractivity contribution in [3.63, 3.8) is 0 Å². The largest absolute Gasteiger partial charge is 0.383 e. The Morgan fingerprint density at radius 3 is 2.36 bits per heavy atom. The summed E-state index contributed by atoms with van der Waals surface area (Å²) in [6.45, 7) is 4.30. The van der Waals surface area contributed by atoms with E-state index in [9.17, 15) is 4.39 Å². The van der Waals surface area contributed by atoms with Crippen LogP contribution < -0.4 is 16.4 Å². The van der Waals surface area contributed by atoms with E-state index in [4.69, 9.17) is 11.5 Å². The lowest BCUT2D eigenvalue weighted by Crippen LogP contribution is -2.46. The molecule has 116 valence electrons. The number of rotatable bonds is 3. The summed E-state index contributed by atoms with van der Waals surface area (Å²) in [5, 5.41) is 0. The first kappa shape index (κ1) is 14.5.